The van der Waals surface area contributed by atoms with Crippen LogP contribution in [0.1, 0.15) is 52.1 Å². The number of nitrogens with zero attached hydrogens (tertiary/aromatic N) is 2. The van der Waals surface area contributed by atoms with Crippen molar-refractivity contribution in [3.8, 4) is 5.75 Å². The Morgan fingerprint density at radius 3 is 2.62 bits per heavy atom. The summed E-state index contributed by atoms with van der Waals surface area (Å²) in [5.74, 6) is 0.620. The Bertz CT molecular complexity index is 1270. The van der Waals surface area contributed by atoms with E-state index in [4.69, 9.17) is 32.9 Å². The van der Waals surface area contributed by atoms with Crippen molar-refractivity contribution >= 4 is 34.8 Å². The van der Waals surface area contributed by atoms with Crippen LogP contribution >= 0.6 is 23.2 Å². The minimum Gasteiger partial charge on any atom is -0.486 e. The molecule has 0 saturated carbocycles. The second kappa shape index (κ2) is 9.41. The molecule has 2 aliphatic heterocycles. The molecule has 1 fully saturated rings. The number of fused-ring (bicyclic) bond motifs is 1. The highest BCUT2D eigenvalue weighted by Crippen LogP contribution is 2.34. The molecule has 0 spiro atoms. The van der Waals surface area contributed by atoms with Crippen LogP contribution in [0.2, 0.25) is 10.0 Å². The van der Waals surface area contributed by atoms with Gasteiger partial charge in [-0.3, -0.25) is 9.79 Å². The number of likely N-dealkylation sites (tertiary alicyclic amines) is 1. The maximum absolute atomic E-state index is 12.9. The van der Waals surface area contributed by atoms with Crippen LogP contribution in [0.25, 0.3) is 0 Å². The van der Waals surface area contributed by atoms with Gasteiger partial charge in [0.25, 0.3) is 5.91 Å². The Balaban J connectivity index is 1.39. The van der Waals surface area contributed by atoms with E-state index in [9.17, 15) is 9.90 Å². The topological polar surface area (TPSA) is 62.1 Å². The molecule has 0 bridgehead atoms. The van der Waals surface area contributed by atoms with Gasteiger partial charge in [0.15, 0.2) is 0 Å². The standard InChI is InChI=1S/C27H24Cl2N2O3/c1-16(25-23(28)6-3-7-24(25)29)34-21-9-8-19-14-30-26(22(19)13-21)17-4-2-5-18(12-17)27(33)31-11-10-20(32)15-31/h2-9,12-13,16,20,32H,10-11,14-15H2,1H3/t16-,20+/m1/s1. The van der Waals surface area contributed by atoms with Crippen LogP contribution in [0.4, 0.5) is 0 Å². The molecule has 1 saturated heterocycles. The maximum atomic E-state index is 12.9. The summed E-state index contributed by atoms with van der Waals surface area (Å²) in [6, 6.07) is 18.8. The average molecular weight is 495 g/mol. The monoisotopic (exact) mass is 494 g/mol. The molecule has 174 valence electrons. The number of aliphatic hydroxyl groups is 1. The van der Waals surface area contributed by atoms with Crippen molar-refractivity contribution in [2.45, 2.75) is 32.1 Å². The van der Waals surface area contributed by atoms with Crippen LogP contribution in [-0.2, 0) is 6.54 Å². The van der Waals surface area contributed by atoms with Gasteiger partial charge in [-0.15, -0.1) is 0 Å². The zero-order valence-corrected chi connectivity index (χ0v) is 20.2. The number of carbonyl (C=O) groups excluding carboxylic acids is 1. The lowest BCUT2D eigenvalue weighted by atomic mass is 9.98. The summed E-state index contributed by atoms with van der Waals surface area (Å²) in [5.41, 5.74) is 5.14. The van der Waals surface area contributed by atoms with Crippen molar-refractivity contribution < 1.29 is 14.6 Å². The summed E-state index contributed by atoms with van der Waals surface area (Å²) in [5, 5.41) is 10.9. The van der Waals surface area contributed by atoms with E-state index in [1.54, 1.807) is 17.0 Å². The first-order valence-electron chi connectivity index (χ1n) is 11.3. The van der Waals surface area contributed by atoms with Crippen molar-refractivity contribution in [3.63, 3.8) is 0 Å². The third-order valence-electron chi connectivity index (χ3n) is 6.30. The van der Waals surface area contributed by atoms with Crippen LogP contribution in [0.15, 0.2) is 65.7 Å². The zero-order valence-electron chi connectivity index (χ0n) is 18.7. The average Bonchev–Trinajstić information content (AvgIpc) is 3.44. The van der Waals surface area contributed by atoms with E-state index in [0.717, 1.165) is 28.0 Å². The number of ether oxygens (including phenoxy) is 1. The SMILES string of the molecule is C[C@@H](Oc1ccc2c(c1)C(c1cccc(C(=O)N3CC[C@H](O)C3)c1)=NC2)c1c(Cl)cccc1Cl. The van der Waals surface area contributed by atoms with E-state index in [-0.39, 0.29) is 12.0 Å². The smallest absolute Gasteiger partial charge is 0.253 e. The van der Waals surface area contributed by atoms with E-state index in [1.807, 2.05) is 55.5 Å². The largest absolute Gasteiger partial charge is 0.486 e. The number of amides is 1. The van der Waals surface area contributed by atoms with Gasteiger partial charge in [-0.25, -0.2) is 0 Å². The predicted octanol–water partition coefficient (Wildman–Crippen LogP) is 5.69. The number of rotatable bonds is 5. The second-order valence-electron chi connectivity index (χ2n) is 8.65. The van der Waals surface area contributed by atoms with E-state index in [1.165, 1.54) is 0 Å². The molecule has 0 aromatic heterocycles. The van der Waals surface area contributed by atoms with E-state index < -0.39 is 6.10 Å². The molecule has 2 heterocycles. The Labute approximate surface area is 208 Å². The van der Waals surface area contributed by atoms with Crippen molar-refractivity contribution in [3.05, 3.63) is 98.5 Å². The van der Waals surface area contributed by atoms with Crippen molar-refractivity contribution in [1.29, 1.82) is 0 Å². The molecule has 5 rings (SSSR count). The number of hydrogen-bond acceptors (Lipinski definition) is 4. The highest BCUT2D eigenvalue weighted by molar-refractivity contribution is 6.36. The van der Waals surface area contributed by atoms with E-state index >= 15 is 0 Å². The maximum Gasteiger partial charge on any atom is 0.253 e. The second-order valence-corrected chi connectivity index (χ2v) is 9.47. The number of β-amino-alcohol motifs (C(OH)–C–C–N with tert-alkyl or cyclic N) is 1. The molecule has 1 amide bonds. The molecular weight excluding hydrogens is 471 g/mol. The molecule has 2 aliphatic rings. The van der Waals surface area contributed by atoms with Gasteiger partial charge in [0, 0.05) is 45.4 Å². The lowest BCUT2D eigenvalue weighted by molar-refractivity contribution is 0.0765. The van der Waals surface area contributed by atoms with Crippen LogP contribution < -0.4 is 4.74 Å². The number of carbonyl (C=O) groups is 1. The first-order valence-corrected chi connectivity index (χ1v) is 12.0. The Morgan fingerprint density at radius 1 is 1.12 bits per heavy atom. The molecule has 3 aromatic carbocycles. The molecule has 34 heavy (non-hydrogen) atoms. The number of aliphatic hydroxyl groups excluding tert-OH is 1. The third-order valence-corrected chi connectivity index (χ3v) is 6.96. The first-order chi connectivity index (χ1) is 16.4. The summed E-state index contributed by atoms with van der Waals surface area (Å²) in [4.78, 5) is 19.3. The Hall–Kier alpha value is -2.86. The fourth-order valence-electron chi connectivity index (χ4n) is 4.55. The number of aliphatic imine (C=N–C) groups is 1. The number of benzene rings is 3. The highest BCUT2D eigenvalue weighted by atomic mass is 35.5. The summed E-state index contributed by atoms with van der Waals surface area (Å²) in [6.45, 7) is 3.44. The van der Waals surface area contributed by atoms with Crippen LogP contribution in [0, 0.1) is 0 Å². The molecule has 2 atom stereocenters. The van der Waals surface area contributed by atoms with Crippen LogP contribution in [0.5, 0.6) is 5.75 Å². The van der Waals surface area contributed by atoms with Gasteiger partial charge in [0.05, 0.1) is 18.4 Å². The highest BCUT2D eigenvalue weighted by Gasteiger charge is 2.26. The van der Waals surface area contributed by atoms with Gasteiger partial charge < -0.3 is 14.7 Å². The molecular formula is C27H24Cl2N2O3. The molecule has 0 radical (unpaired) electrons. The van der Waals surface area contributed by atoms with E-state index in [2.05, 4.69) is 0 Å². The molecule has 7 heteroatoms. The summed E-state index contributed by atoms with van der Waals surface area (Å²) < 4.78 is 6.20. The molecule has 3 aromatic rings. The fraction of sp³-hybridized carbons (Fsp3) is 0.259. The van der Waals surface area contributed by atoms with Crippen LogP contribution in [0.3, 0.4) is 0 Å². The first kappa shape index (κ1) is 22.9. The van der Waals surface area contributed by atoms with Gasteiger partial charge in [-0.2, -0.15) is 0 Å². The van der Waals surface area contributed by atoms with Crippen molar-refractivity contribution in [2.24, 2.45) is 4.99 Å². The number of halogens is 2. The lowest BCUT2D eigenvalue weighted by Gasteiger charge is -2.18. The molecule has 1 N–H and O–H groups in total. The fourth-order valence-corrected chi connectivity index (χ4v) is 5.26. The van der Waals surface area contributed by atoms with Gasteiger partial charge in [0.2, 0.25) is 0 Å². The van der Waals surface area contributed by atoms with Crippen LogP contribution in [-0.4, -0.2) is 40.8 Å². The van der Waals surface area contributed by atoms with E-state index in [0.29, 0.717) is 47.4 Å². The third kappa shape index (κ3) is 4.43. The summed E-state index contributed by atoms with van der Waals surface area (Å²) >= 11 is 12.7. The van der Waals surface area contributed by atoms with Crippen molar-refractivity contribution in [1.82, 2.24) is 4.90 Å². The van der Waals surface area contributed by atoms with Gasteiger partial charge >= 0.3 is 0 Å². The normalized spacial score (nSPS) is 17.9. The minimum absolute atomic E-state index is 0.0697. The van der Waals surface area contributed by atoms with Gasteiger partial charge in [0.1, 0.15) is 11.9 Å². The quantitative estimate of drug-likeness (QED) is 0.495. The minimum atomic E-state index is -0.445. The molecule has 0 unspecified atom stereocenters. The number of hydrogen-bond donors (Lipinski definition) is 1. The Kier molecular flexibility index (Phi) is 6.34. The summed E-state index contributed by atoms with van der Waals surface area (Å²) in [7, 11) is 0. The zero-order chi connectivity index (χ0) is 23.8. The van der Waals surface area contributed by atoms with Crippen molar-refractivity contribution in [2.75, 3.05) is 13.1 Å². The van der Waals surface area contributed by atoms with Gasteiger partial charge in [-0.1, -0.05) is 47.5 Å². The molecule has 0 aliphatic carbocycles. The predicted molar refractivity (Wildman–Crippen MR) is 134 cm³/mol. The summed E-state index contributed by atoms with van der Waals surface area (Å²) in [6.07, 6.45) is -0.163. The molecule has 5 nitrogen and oxygen atoms in total. The van der Waals surface area contributed by atoms with Gasteiger partial charge in [-0.05, 0) is 55.3 Å². The lowest BCUT2D eigenvalue weighted by Crippen LogP contribution is -2.29. The Morgan fingerprint density at radius 2 is 1.88 bits per heavy atom.